The molecule has 0 aliphatic rings. The van der Waals surface area contributed by atoms with E-state index in [1.165, 1.54) is 0 Å². The highest BCUT2D eigenvalue weighted by Gasteiger charge is 1.98. The van der Waals surface area contributed by atoms with Crippen LogP contribution >= 0.6 is 12.4 Å². The average molecular weight is 294 g/mol. The van der Waals surface area contributed by atoms with Gasteiger partial charge in [0.25, 0.3) is 0 Å². The Morgan fingerprint density at radius 2 is 1.60 bits per heavy atom. The lowest BCUT2D eigenvalue weighted by Gasteiger charge is -2.07. The average Bonchev–Trinajstić information content (AvgIpc) is 2.45. The Hall–Kier alpha value is -1.62. The van der Waals surface area contributed by atoms with Crippen LogP contribution in [0.3, 0.4) is 0 Å². The van der Waals surface area contributed by atoms with E-state index in [0.29, 0.717) is 12.3 Å². The lowest BCUT2D eigenvalue weighted by molar-refractivity contribution is 0.464. The first-order valence-electron chi connectivity index (χ1n) is 6.44. The molecule has 2 rings (SSSR count). The fourth-order valence-corrected chi connectivity index (χ4v) is 1.78. The Morgan fingerprint density at radius 3 is 2.30 bits per heavy atom. The Bertz CT molecular complexity index is 493. The number of halogens is 1. The van der Waals surface area contributed by atoms with Crippen molar-refractivity contribution in [3.05, 3.63) is 59.9 Å². The molecule has 0 unspecified atom stereocenters. The number of aromatic hydroxyl groups is 1. The molecule has 0 spiro atoms. The predicted molar refractivity (Wildman–Crippen MR) is 83.0 cm³/mol. The smallest absolute Gasteiger partial charge is 0.120 e. The van der Waals surface area contributed by atoms with Gasteiger partial charge >= 0.3 is 0 Å². The van der Waals surface area contributed by atoms with Crippen molar-refractivity contribution in [2.24, 2.45) is 0 Å². The zero-order valence-electron chi connectivity index (χ0n) is 11.2. The summed E-state index contributed by atoms with van der Waals surface area (Å²) in [5, 5.41) is 16.2. The maximum atomic E-state index is 9.60. The fourth-order valence-electron chi connectivity index (χ4n) is 1.78. The summed E-state index contributed by atoms with van der Waals surface area (Å²) in [5.74, 6) is 0.344. The summed E-state index contributed by atoms with van der Waals surface area (Å²) in [6.07, 6.45) is 1.80. The summed E-state index contributed by atoms with van der Waals surface area (Å²) in [6, 6.07) is 13.3. The standard InChI is InChI=1S/C15H19N3O.ClH/c19-15-7-2-1-5-13(15)11-16-9-10-17-12-14-6-3-4-8-18-14;/h1-8,16-17,19H,9-12H2;1H. The van der Waals surface area contributed by atoms with Crippen molar-refractivity contribution in [1.29, 1.82) is 0 Å². The maximum absolute atomic E-state index is 9.60. The number of pyridine rings is 1. The highest BCUT2D eigenvalue weighted by atomic mass is 35.5. The molecule has 0 saturated carbocycles. The van der Waals surface area contributed by atoms with Gasteiger partial charge in [0, 0.05) is 37.9 Å². The van der Waals surface area contributed by atoms with Crippen LogP contribution in [0.5, 0.6) is 5.75 Å². The highest BCUT2D eigenvalue weighted by molar-refractivity contribution is 5.85. The number of phenols is 1. The predicted octanol–water partition coefficient (Wildman–Crippen LogP) is 2.09. The first-order chi connectivity index (χ1) is 9.36. The second-order valence-electron chi connectivity index (χ2n) is 4.30. The molecule has 108 valence electrons. The number of hydrogen-bond donors (Lipinski definition) is 3. The summed E-state index contributed by atoms with van der Waals surface area (Å²) in [6.45, 7) is 3.17. The van der Waals surface area contributed by atoms with E-state index in [1.807, 2.05) is 36.4 Å². The molecule has 3 N–H and O–H groups in total. The van der Waals surface area contributed by atoms with Gasteiger partial charge in [0.1, 0.15) is 5.75 Å². The lowest BCUT2D eigenvalue weighted by atomic mass is 10.2. The molecule has 0 aliphatic carbocycles. The van der Waals surface area contributed by atoms with Crippen molar-refractivity contribution in [3.63, 3.8) is 0 Å². The van der Waals surface area contributed by atoms with Crippen molar-refractivity contribution >= 4 is 12.4 Å². The molecule has 0 saturated heterocycles. The number of hydrogen-bond acceptors (Lipinski definition) is 4. The summed E-state index contributed by atoms with van der Waals surface area (Å²) in [7, 11) is 0. The van der Waals surface area contributed by atoms with E-state index in [9.17, 15) is 5.11 Å². The van der Waals surface area contributed by atoms with Gasteiger partial charge in [0.2, 0.25) is 0 Å². The van der Waals surface area contributed by atoms with Gasteiger partial charge in [-0.25, -0.2) is 0 Å². The molecule has 5 heteroatoms. The molecule has 0 fully saturated rings. The van der Waals surface area contributed by atoms with E-state index < -0.39 is 0 Å². The van der Waals surface area contributed by atoms with Crippen molar-refractivity contribution in [1.82, 2.24) is 15.6 Å². The van der Waals surface area contributed by atoms with Crippen LogP contribution in [0, 0.1) is 0 Å². The van der Waals surface area contributed by atoms with Gasteiger partial charge in [-0.2, -0.15) is 0 Å². The van der Waals surface area contributed by atoms with E-state index in [4.69, 9.17) is 0 Å². The van der Waals surface area contributed by atoms with E-state index in [-0.39, 0.29) is 12.4 Å². The molecule has 1 aromatic heterocycles. The van der Waals surface area contributed by atoms with E-state index in [2.05, 4.69) is 15.6 Å². The van der Waals surface area contributed by atoms with Crippen LogP contribution in [0.25, 0.3) is 0 Å². The molecule has 1 heterocycles. The minimum atomic E-state index is 0. The third-order valence-electron chi connectivity index (χ3n) is 2.82. The first-order valence-corrected chi connectivity index (χ1v) is 6.44. The largest absolute Gasteiger partial charge is 0.508 e. The molecular weight excluding hydrogens is 274 g/mol. The van der Waals surface area contributed by atoms with Crippen LogP contribution in [0.2, 0.25) is 0 Å². The monoisotopic (exact) mass is 293 g/mol. The number of para-hydroxylation sites is 1. The third kappa shape index (κ3) is 5.57. The molecule has 4 nitrogen and oxygen atoms in total. The summed E-state index contributed by atoms with van der Waals surface area (Å²) >= 11 is 0. The molecule has 0 radical (unpaired) electrons. The number of rotatable bonds is 7. The molecule has 0 amide bonds. The fraction of sp³-hybridized carbons (Fsp3) is 0.267. The Kier molecular flexibility index (Phi) is 7.65. The second kappa shape index (κ2) is 9.31. The maximum Gasteiger partial charge on any atom is 0.120 e. The Balaban J connectivity index is 0.00000200. The van der Waals surface area contributed by atoms with Crippen molar-refractivity contribution in [3.8, 4) is 5.75 Å². The van der Waals surface area contributed by atoms with Crippen LogP contribution in [-0.4, -0.2) is 23.2 Å². The number of benzene rings is 1. The Morgan fingerprint density at radius 1 is 0.900 bits per heavy atom. The molecule has 0 atom stereocenters. The SMILES string of the molecule is Cl.Oc1ccccc1CNCCNCc1ccccn1. The molecule has 2 aromatic rings. The van der Waals surface area contributed by atoms with Gasteiger partial charge in [-0.1, -0.05) is 24.3 Å². The van der Waals surface area contributed by atoms with Gasteiger partial charge in [0.15, 0.2) is 0 Å². The van der Waals surface area contributed by atoms with Crippen LogP contribution in [0.4, 0.5) is 0 Å². The summed E-state index contributed by atoms with van der Waals surface area (Å²) in [5.41, 5.74) is 1.97. The van der Waals surface area contributed by atoms with E-state index in [0.717, 1.165) is 30.9 Å². The highest BCUT2D eigenvalue weighted by Crippen LogP contribution is 2.14. The van der Waals surface area contributed by atoms with Crippen LogP contribution in [0.15, 0.2) is 48.7 Å². The normalized spacial score (nSPS) is 10.0. The van der Waals surface area contributed by atoms with E-state index in [1.54, 1.807) is 12.3 Å². The zero-order chi connectivity index (χ0) is 13.3. The minimum Gasteiger partial charge on any atom is -0.508 e. The van der Waals surface area contributed by atoms with E-state index >= 15 is 0 Å². The van der Waals surface area contributed by atoms with Gasteiger partial charge in [-0.3, -0.25) is 4.98 Å². The van der Waals surface area contributed by atoms with Crippen LogP contribution in [0.1, 0.15) is 11.3 Å². The zero-order valence-corrected chi connectivity index (χ0v) is 12.1. The van der Waals surface area contributed by atoms with Crippen molar-refractivity contribution in [2.75, 3.05) is 13.1 Å². The van der Waals surface area contributed by atoms with Gasteiger partial charge in [-0.05, 0) is 18.2 Å². The topological polar surface area (TPSA) is 57.2 Å². The molecule has 0 bridgehead atoms. The van der Waals surface area contributed by atoms with Crippen molar-refractivity contribution < 1.29 is 5.11 Å². The summed E-state index contributed by atoms with van der Waals surface area (Å²) in [4.78, 5) is 4.24. The lowest BCUT2D eigenvalue weighted by Crippen LogP contribution is -2.27. The summed E-state index contributed by atoms with van der Waals surface area (Å²) < 4.78 is 0. The van der Waals surface area contributed by atoms with Crippen molar-refractivity contribution in [2.45, 2.75) is 13.1 Å². The van der Waals surface area contributed by atoms with Gasteiger partial charge in [0.05, 0.1) is 5.69 Å². The van der Waals surface area contributed by atoms with Gasteiger partial charge in [-0.15, -0.1) is 12.4 Å². The molecule has 20 heavy (non-hydrogen) atoms. The van der Waals surface area contributed by atoms with Crippen LogP contribution in [-0.2, 0) is 13.1 Å². The number of phenolic OH excluding ortho intramolecular Hbond substituents is 1. The third-order valence-corrected chi connectivity index (χ3v) is 2.82. The minimum absolute atomic E-state index is 0. The quantitative estimate of drug-likeness (QED) is 0.684. The van der Waals surface area contributed by atoms with Crippen LogP contribution < -0.4 is 10.6 Å². The first kappa shape index (κ1) is 16.4. The number of aromatic nitrogens is 1. The molecule has 1 aromatic carbocycles. The van der Waals surface area contributed by atoms with Gasteiger partial charge < -0.3 is 15.7 Å². The Labute approximate surface area is 125 Å². The molecule has 0 aliphatic heterocycles. The number of nitrogens with one attached hydrogen (secondary N) is 2. The second-order valence-corrected chi connectivity index (χ2v) is 4.30. The molecular formula is C15H20ClN3O. The number of nitrogens with zero attached hydrogens (tertiary/aromatic N) is 1.